The van der Waals surface area contributed by atoms with Crippen LogP contribution in [0.1, 0.15) is 45.1 Å². The van der Waals surface area contributed by atoms with Gasteiger partial charge in [0.15, 0.2) is 0 Å². The zero-order chi connectivity index (χ0) is 20.8. The monoisotopic (exact) mass is 399 g/mol. The van der Waals surface area contributed by atoms with Crippen molar-refractivity contribution in [2.75, 3.05) is 18.4 Å². The number of nitrogens with one attached hydrogen (secondary N) is 3. The third-order valence-electron chi connectivity index (χ3n) is 4.90. The van der Waals surface area contributed by atoms with E-state index in [1.54, 1.807) is 18.3 Å². The molecule has 1 fully saturated rings. The first-order valence-corrected chi connectivity index (χ1v) is 9.80. The molecule has 0 radical (unpaired) electrons. The number of hydrogen-bond acceptors (Lipinski definition) is 6. The smallest absolute Gasteiger partial charge is 0.275 e. The number of hydrogen-bond donors (Lipinski definition) is 3. The van der Waals surface area contributed by atoms with Gasteiger partial charge >= 0.3 is 0 Å². The fourth-order valence-electron chi connectivity index (χ4n) is 3.39. The number of carbonyl (C=O) groups is 3. The van der Waals surface area contributed by atoms with Crippen LogP contribution >= 0.6 is 0 Å². The molecule has 154 valence electrons. The van der Waals surface area contributed by atoms with E-state index in [2.05, 4.69) is 21.0 Å². The predicted octanol–water partition coefficient (Wildman–Crippen LogP) is 1.09. The minimum Gasteiger partial charge on any atom is -0.384 e. The van der Waals surface area contributed by atoms with Crippen molar-refractivity contribution in [2.45, 2.75) is 45.1 Å². The molecule has 9 heteroatoms. The van der Waals surface area contributed by atoms with E-state index in [-0.39, 0.29) is 30.2 Å². The number of amides is 3. The molecule has 3 amide bonds. The largest absolute Gasteiger partial charge is 0.384 e. The van der Waals surface area contributed by atoms with Crippen LogP contribution in [0.15, 0.2) is 29.2 Å². The summed E-state index contributed by atoms with van der Waals surface area (Å²) in [6.07, 6.45) is 4.84. The molecule has 1 aromatic heterocycles. The normalized spacial score (nSPS) is 16.5. The Kier molecular flexibility index (Phi) is 6.58. The summed E-state index contributed by atoms with van der Waals surface area (Å²) < 4.78 is 1.16. The molecular formula is C20H25N5O4. The van der Waals surface area contributed by atoms with Gasteiger partial charge in [-0.3, -0.25) is 24.5 Å². The summed E-state index contributed by atoms with van der Waals surface area (Å²) in [6, 6.07) is 4.61. The van der Waals surface area contributed by atoms with Gasteiger partial charge in [0.2, 0.25) is 11.8 Å². The summed E-state index contributed by atoms with van der Waals surface area (Å²) in [5.74, 6) is -0.846. The molecule has 3 N–H and O–H groups in total. The Hall–Kier alpha value is -3.23. The highest BCUT2D eigenvalue weighted by Crippen LogP contribution is 2.22. The highest BCUT2D eigenvalue weighted by molar-refractivity contribution is 5.99. The molecule has 9 nitrogen and oxygen atoms in total. The average molecular weight is 399 g/mol. The summed E-state index contributed by atoms with van der Waals surface area (Å²) >= 11 is 0. The van der Waals surface area contributed by atoms with Crippen molar-refractivity contribution in [3.05, 3.63) is 34.7 Å². The SMILES string of the molecule is CC(=O)NCCCCCNc1cccc2c(=O)n(C3CCC(=O)NC3=O)ncc12. The number of carbonyl (C=O) groups excluding carboxylic acids is 3. The van der Waals surface area contributed by atoms with Gasteiger partial charge in [0, 0.05) is 37.5 Å². The first-order chi connectivity index (χ1) is 14.0. The molecule has 29 heavy (non-hydrogen) atoms. The summed E-state index contributed by atoms with van der Waals surface area (Å²) in [6.45, 7) is 2.91. The molecule has 0 aliphatic carbocycles. The number of benzene rings is 1. The molecule has 0 spiro atoms. The maximum Gasteiger partial charge on any atom is 0.275 e. The van der Waals surface area contributed by atoms with E-state index in [0.717, 1.165) is 36.2 Å². The van der Waals surface area contributed by atoms with Gasteiger partial charge in [0.1, 0.15) is 6.04 Å². The molecule has 1 aliphatic heterocycles. The second-order valence-corrected chi connectivity index (χ2v) is 7.10. The van der Waals surface area contributed by atoms with Crippen molar-refractivity contribution < 1.29 is 14.4 Å². The molecule has 1 unspecified atom stereocenters. The van der Waals surface area contributed by atoms with E-state index in [1.807, 2.05) is 6.07 Å². The Morgan fingerprint density at radius 3 is 2.72 bits per heavy atom. The third kappa shape index (κ3) is 4.98. The van der Waals surface area contributed by atoms with Gasteiger partial charge < -0.3 is 10.6 Å². The fourth-order valence-corrected chi connectivity index (χ4v) is 3.39. The molecule has 0 saturated carbocycles. The Bertz CT molecular complexity index is 984. The number of unbranched alkanes of at least 4 members (excludes halogenated alkanes) is 2. The standard InChI is InChI=1S/C20H25N5O4/c1-13(26)21-10-3-2-4-11-22-16-7-5-6-14-15(16)12-23-25(20(14)29)17-8-9-18(27)24-19(17)28/h5-7,12,17,22H,2-4,8-11H2,1H3,(H,21,26)(H,24,27,28). The minimum atomic E-state index is -0.773. The van der Waals surface area contributed by atoms with Gasteiger partial charge in [-0.15, -0.1) is 0 Å². The van der Waals surface area contributed by atoms with Gasteiger partial charge in [0.25, 0.3) is 11.5 Å². The topological polar surface area (TPSA) is 122 Å². The van der Waals surface area contributed by atoms with E-state index >= 15 is 0 Å². The van der Waals surface area contributed by atoms with E-state index in [9.17, 15) is 19.2 Å². The van der Waals surface area contributed by atoms with Crippen LogP contribution in [0.25, 0.3) is 10.8 Å². The highest BCUT2D eigenvalue weighted by Gasteiger charge is 2.30. The second-order valence-electron chi connectivity index (χ2n) is 7.10. The number of aromatic nitrogens is 2. The van der Waals surface area contributed by atoms with Crippen LogP contribution < -0.4 is 21.5 Å². The number of fused-ring (bicyclic) bond motifs is 1. The molecule has 3 rings (SSSR count). The molecule has 1 aliphatic rings. The number of rotatable bonds is 8. The van der Waals surface area contributed by atoms with Crippen molar-refractivity contribution in [3.63, 3.8) is 0 Å². The molecule has 2 heterocycles. The Morgan fingerprint density at radius 1 is 1.17 bits per heavy atom. The second kappa shape index (κ2) is 9.31. The first-order valence-electron chi connectivity index (χ1n) is 9.80. The van der Waals surface area contributed by atoms with Crippen LogP contribution in [0.5, 0.6) is 0 Å². The summed E-state index contributed by atoms with van der Waals surface area (Å²) in [7, 11) is 0. The summed E-state index contributed by atoms with van der Waals surface area (Å²) in [4.78, 5) is 47.1. The summed E-state index contributed by atoms with van der Waals surface area (Å²) in [5, 5.41) is 13.7. The summed E-state index contributed by atoms with van der Waals surface area (Å²) in [5.41, 5.74) is 0.459. The Morgan fingerprint density at radius 2 is 1.97 bits per heavy atom. The van der Waals surface area contributed by atoms with Gasteiger partial charge in [-0.1, -0.05) is 6.07 Å². The van der Waals surface area contributed by atoms with Crippen LogP contribution in [0.3, 0.4) is 0 Å². The van der Waals surface area contributed by atoms with E-state index in [0.29, 0.717) is 17.3 Å². The lowest BCUT2D eigenvalue weighted by molar-refractivity contribution is -0.136. The number of nitrogens with zero attached hydrogens (tertiary/aromatic N) is 2. The van der Waals surface area contributed by atoms with Crippen molar-refractivity contribution in [2.24, 2.45) is 0 Å². The average Bonchev–Trinajstić information content (AvgIpc) is 2.68. The van der Waals surface area contributed by atoms with Crippen molar-refractivity contribution in [1.82, 2.24) is 20.4 Å². The number of piperidine rings is 1. The quantitative estimate of drug-likeness (QED) is 0.451. The van der Waals surface area contributed by atoms with Crippen LogP contribution in [-0.4, -0.2) is 40.6 Å². The van der Waals surface area contributed by atoms with Crippen LogP contribution in [0.4, 0.5) is 5.69 Å². The predicted molar refractivity (Wildman–Crippen MR) is 108 cm³/mol. The number of imide groups is 1. The van der Waals surface area contributed by atoms with Crippen LogP contribution in [0.2, 0.25) is 0 Å². The fraction of sp³-hybridized carbons (Fsp3) is 0.450. The molecule has 1 aromatic carbocycles. The molecule has 1 atom stereocenters. The van der Waals surface area contributed by atoms with Gasteiger partial charge in [-0.2, -0.15) is 5.10 Å². The zero-order valence-corrected chi connectivity index (χ0v) is 16.4. The zero-order valence-electron chi connectivity index (χ0n) is 16.4. The molecular weight excluding hydrogens is 374 g/mol. The Balaban J connectivity index is 1.67. The Labute approximate surface area is 167 Å². The number of anilines is 1. The maximum atomic E-state index is 12.9. The maximum absolute atomic E-state index is 12.9. The van der Waals surface area contributed by atoms with Crippen molar-refractivity contribution in [3.8, 4) is 0 Å². The lowest BCUT2D eigenvalue weighted by Crippen LogP contribution is -2.45. The van der Waals surface area contributed by atoms with Crippen molar-refractivity contribution >= 4 is 34.2 Å². The molecule has 1 saturated heterocycles. The lowest BCUT2D eigenvalue weighted by Gasteiger charge is -2.22. The first kappa shape index (κ1) is 20.5. The van der Waals surface area contributed by atoms with E-state index in [1.165, 1.54) is 6.92 Å². The molecule has 0 bridgehead atoms. The van der Waals surface area contributed by atoms with E-state index in [4.69, 9.17) is 0 Å². The third-order valence-corrected chi connectivity index (χ3v) is 4.90. The highest BCUT2D eigenvalue weighted by atomic mass is 16.2. The van der Waals surface area contributed by atoms with Crippen molar-refractivity contribution in [1.29, 1.82) is 0 Å². The minimum absolute atomic E-state index is 0.0191. The van der Waals surface area contributed by atoms with Crippen LogP contribution in [0, 0.1) is 0 Å². The van der Waals surface area contributed by atoms with Crippen LogP contribution in [-0.2, 0) is 14.4 Å². The van der Waals surface area contributed by atoms with E-state index < -0.39 is 11.9 Å². The molecule has 2 aromatic rings. The van der Waals surface area contributed by atoms with Gasteiger partial charge in [-0.05, 0) is 37.8 Å². The lowest BCUT2D eigenvalue weighted by atomic mass is 10.1. The van der Waals surface area contributed by atoms with Gasteiger partial charge in [-0.25, -0.2) is 4.68 Å². The van der Waals surface area contributed by atoms with Gasteiger partial charge in [0.05, 0.1) is 11.6 Å².